The van der Waals surface area contributed by atoms with E-state index in [1.807, 2.05) is 0 Å². The standard InChI is InChI=1S/C10H6F6O2.C9H7F3O2.C9H9FO2.2C8H4F4O2.C8H6F2O2.6Bi.6H/c1-4-6(9(11,12)13)2-5(8(17)18)3-7(4)10(14,15)16;1-3-6(10)4(2)8(12)5(7(3)11)9(13)14;1-5-3-7(9(11)12)4-6(2)8(5)10;1-2-4(9)6(11)3(8(13)14)7(12)5(2)10;1-2-4(9)3(8(13)14)6(11)7(12)5(2)10;1-4-6(9)2-5(8(11)12)3-7(4)10;;;;;;;;;;;;/h2-3H,1H3,(H,17,18);1-2H3,(H,13,14);3-4H,1-2H3,(H,11,12);2*1H3,(H,13,14);2-3H,1H3,(H,11,12);;;;;;;;;;;;/q;;;;;;6*+1;;;;;;/p-6. The molecule has 0 atom stereocenters. The van der Waals surface area contributed by atoms with Gasteiger partial charge in [0.15, 0.2) is 0 Å². The van der Waals surface area contributed by atoms with Crippen LogP contribution in [0.15, 0.2) is 36.4 Å². The van der Waals surface area contributed by atoms with Gasteiger partial charge >= 0.3 is 595 Å². The van der Waals surface area contributed by atoms with Crippen LogP contribution in [0, 0.1) is 137 Å². The quantitative estimate of drug-likeness (QED) is 0.0512. The summed E-state index contributed by atoms with van der Waals surface area (Å²) in [5.74, 6) is -24.7. The normalized spacial score (nSPS) is 10.6. The molecule has 6 aromatic carbocycles. The van der Waals surface area contributed by atoms with Gasteiger partial charge in [0.2, 0.25) is 0 Å². The molecule has 486 valence electrons. The van der Waals surface area contributed by atoms with E-state index < -0.39 is 168 Å². The topological polar surface area (TPSA) is 158 Å². The number of rotatable bonds is 6. The predicted molar refractivity (Wildman–Crippen MR) is 281 cm³/mol. The zero-order chi connectivity index (χ0) is 70.3. The van der Waals surface area contributed by atoms with Crippen molar-refractivity contribution >= 4 is 187 Å². The molecule has 90 heavy (non-hydrogen) atoms. The van der Waals surface area contributed by atoms with Gasteiger partial charge in [-0.25, -0.2) is 0 Å². The van der Waals surface area contributed by atoms with E-state index in [9.17, 15) is 117 Å². The Balaban J connectivity index is 0.000000542. The number of carbonyl (C=O) groups excluding carboxylic acids is 6. The van der Waals surface area contributed by atoms with Crippen LogP contribution in [-0.4, -0.2) is 187 Å². The summed E-state index contributed by atoms with van der Waals surface area (Å²) >= 11 is 0.222. The minimum atomic E-state index is -4.98. The van der Waals surface area contributed by atoms with Crippen LogP contribution in [0.4, 0.5) is 87.8 Å². The number of hydrogen-bond donors (Lipinski definition) is 0. The van der Waals surface area contributed by atoms with E-state index in [0.29, 0.717) is 60.9 Å². The first-order chi connectivity index (χ1) is 41.3. The second-order valence-electron chi connectivity index (χ2n) is 17.1. The van der Waals surface area contributed by atoms with Gasteiger partial charge in [-0.15, -0.1) is 0 Å². The van der Waals surface area contributed by atoms with Crippen molar-refractivity contribution < 1.29 is 133 Å². The molecular weight excluding hydrogens is 2450 g/mol. The third kappa shape index (κ3) is 21.5. The van der Waals surface area contributed by atoms with Crippen LogP contribution in [-0.2, 0) is 29.2 Å². The Hall–Kier alpha value is -3.96. The first-order valence-electron chi connectivity index (χ1n) is 22.9. The van der Waals surface area contributed by atoms with Gasteiger partial charge in [0.05, 0.1) is 0 Å². The summed E-state index contributed by atoms with van der Waals surface area (Å²) in [6.45, 7) is 9.33. The zero-order valence-corrected chi connectivity index (χ0v) is 69.2. The van der Waals surface area contributed by atoms with Crippen LogP contribution in [0.5, 0.6) is 0 Å². The first kappa shape index (κ1) is 84.1. The van der Waals surface area contributed by atoms with E-state index in [2.05, 4.69) is 16.9 Å². The molecule has 0 aliphatic heterocycles. The van der Waals surface area contributed by atoms with Gasteiger partial charge in [-0.3, -0.25) is 0 Å². The fourth-order valence-corrected chi connectivity index (χ4v) is 9.12. The van der Waals surface area contributed by atoms with E-state index in [-0.39, 0.29) is 160 Å². The van der Waals surface area contributed by atoms with Crippen LogP contribution < -0.4 is 0 Å². The summed E-state index contributed by atoms with van der Waals surface area (Å²) < 4.78 is 285. The molecule has 0 fully saturated rings. The Morgan fingerprint density at radius 1 is 0.278 bits per heavy atom. The number of benzene rings is 6. The summed E-state index contributed by atoms with van der Waals surface area (Å²) in [4.78, 5) is 66.1. The van der Waals surface area contributed by atoms with E-state index in [1.54, 1.807) is 13.8 Å². The summed E-state index contributed by atoms with van der Waals surface area (Å²) in [6.07, 6.45) is -9.96. The second-order valence-corrected chi connectivity index (χ2v) is 21.9. The molecule has 0 N–H and O–H groups in total. The van der Waals surface area contributed by atoms with Crippen molar-refractivity contribution in [2.75, 3.05) is 0 Å². The molecule has 38 heteroatoms. The van der Waals surface area contributed by atoms with Gasteiger partial charge in [0.1, 0.15) is 0 Å². The molecule has 0 bridgehead atoms. The zero-order valence-electron chi connectivity index (χ0n) is 45.9. The van der Waals surface area contributed by atoms with Gasteiger partial charge in [-0.2, -0.15) is 0 Å². The van der Waals surface area contributed by atoms with Crippen LogP contribution in [0.3, 0.4) is 0 Å². The summed E-state index contributed by atoms with van der Waals surface area (Å²) in [5.41, 5.74) is -9.19. The third-order valence-corrected chi connectivity index (χ3v) is 15.7. The molecule has 0 aliphatic rings. The molecule has 0 amide bonds. The van der Waals surface area contributed by atoms with E-state index in [0.717, 1.165) is 39.8 Å². The van der Waals surface area contributed by atoms with Crippen molar-refractivity contribution in [3.8, 4) is 0 Å². The molecule has 0 heterocycles. The molecule has 6 rings (SSSR count). The number of alkyl halides is 6. The van der Waals surface area contributed by atoms with Gasteiger partial charge in [0.25, 0.3) is 0 Å². The summed E-state index contributed by atoms with van der Waals surface area (Å²) in [5, 5.41) is 0. The van der Waals surface area contributed by atoms with Crippen molar-refractivity contribution in [2.45, 2.75) is 67.7 Å². The van der Waals surface area contributed by atoms with Crippen molar-refractivity contribution in [3.05, 3.63) is 207 Å². The van der Waals surface area contributed by atoms with Crippen molar-refractivity contribution in [1.29, 1.82) is 0 Å². The number of aryl methyl sites for hydroxylation is 2. The van der Waals surface area contributed by atoms with Crippen molar-refractivity contribution in [2.24, 2.45) is 0 Å². The van der Waals surface area contributed by atoms with Crippen LogP contribution in [0.25, 0.3) is 0 Å². The molecule has 6 aromatic rings. The molecule has 12 nitrogen and oxygen atoms in total. The van der Waals surface area contributed by atoms with E-state index >= 15 is 0 Å². The fourth-order valence-electron chi connectivity index (χ4n) is 6.55. The van der Waals surface area contributed by atoms with Gasteiger partial charge in [-0.05, 0) is 0 Å². The molecule has 0 spiro atoms. The SMILES string of the molecule is Cc1c(C(F)(F)F)cc(C(=O)[O][BiH])cc1C(F)(F)F.Cc1c(F)c(C)c(F)c(C(=O)[O][BiH])c1F.Cc1c(F)c(F)c(C(=O)[O][BiH])c(F)c1F.Cc1c(F)c(F)c(F)c(C(=O)[O][BiH])c1F.Cc1c(F)cc(C(=O)[O][BiH])cc1F.Cc1cc(C(=O)[O][BiH])cc(C)c1F. The monoisotopic (exact) mass is 2490 g/mol. The Bertz CT molecular complexity index is 3310. The molecule has 6 radical (unpaired) electrons. The molecule has 0 aromatic heterocycles. The number of halogens is 20. The van der Waals surface area contributed by atoms with E-state index in [1.165, 1.54) is 19.1 Å². The second kappa shape index (κ2) is 36.6. The van der Waals surface area contributed by atoms with Crippen molar-refractivity contribution in [3.63, 3.8) is 0 Å². The van der Waals surface area contributed by atoms with Gasteiger partial charge < -0.3 is 0 Å². The molecule has 0 saturated carbocycles. The number of carbonyl (C=O) groups is 6. The minimum absolute atomic E-state index is 0.0208. The Morgan fingerprint density at radius 2 is 0.511 bits per heavy atom. The molecule has 0 aliphatic carbocycles. The van der Waals surface area contributed by atoms with Gasteiger partial charge in [0, 0.05) is 0 Å². The van der Waals surface area contributed by atoms with Crippen molar-refractivity contribution in [1.82, 2.24) is 0 Å². The van der Waals surface area contributed by atoms with Gasteiger partial charge in [-0.1, -0.05) is 0 Å². The Labute approximate surface area is 588 Å². The maximum absolute atomic E-state index is 13.4. The van der Waals surface area contributed by atoms with Crippen LogP contribution in [0.2, 0.25) is 0 Å². The summed E-state index contributed by atoms with van der Waals surface area (Å²) in [7, 11) is 0. The van der Waals surface area contributed by atoms with Crippen LogP contribution >= 0.6 is 0 Å². The average molecular weight is 2490 g/mol. The molecular formula is C52H36Bi6F20O12. The third-order valence-electron chi connectivity index (χ3n) is 11.3. The Kier molecular flexibility index (Phi) is 34.2. The molecule has 0 unspecified atom stereocenters. The van der Waals surface area contributed by atoms with E-state index in [4.69, 9.17) is 0 Å². The predicted octanol–water partition coefficient (Wildman–Crippen LogP) is 10.4. The average Bonchev–Trinajstić information content (AvgIpc) is 1.14. The summed E-state index contributed by atoms with van der Waals surface area (Å²) in [6, 6.07) is 5.68. The van der Waals surface area contributed by atoms with Crippen LogP contribution in [0.1, 0.15) is 118 Å². The first-order valence-corrected chi connectivity index (χ1v) is 32.4. The number of hydrogen-bond acceptors (Lipinski definition) is 12. The fraction of sp³-hybridized carbons (Fsp3) is 0.192. The molecule has 0 saturated heterocycles. The Morgan fingerprint density at radius 3 is 0.811 bits per heavy atom. The maximum atomic E-state index is 13.4.